The Hall–Kier alpha value is -4.07. The van der Waals surface area contributed by atoms with Gasteiger partial charge in [0, 0.05) is 40.9 Å². The Labute approximate surface area is 341 Å². The molecule has 0 saturated carbocycles. The topological polar surface area (TPSA) is 123 Å². The number of nitrogens with zero attached hydrogens (tertiary/aromatic N) is 4. The van der Waals surface area contributed by atoms with Gasteiger partial charge < -0.3 is 20.5 Å². The first-order valence-corrected chi connectivity index (χ1v) is 20.7. The van der Waals surface area contributed by atoms with Crippen molar-refractivity contribution in [3.8, 4) is 11.5 Å². The van der Waals surface area contributed by atoms with Crippen LogP contribution in [0.2, 0.25) is 20.1 Å². The molecule has 3 N–H and O–H groups in total. The minimum Gasteiger partial charge on any atom is -0.490 e. The Morgan fingerprint density at radius 2 is 1.31 bits per heavy atom. The van der Waals surface area contributed by atoms with E-state index >= 15 is 0 Å². The van der Waals surface area contributed by atoms with Crippen molar-refractivity contribution in [1.82, 2.24) is 14.4 Å². The number of pyridine rings is 2. The molecule has 0 unspecified atom stereocenters. The Balaban J connectivity index is 1.36. The number of para-hydroxylation sites is 2. The summed E-state index contributed by atoms with van der Waals surface area (Å²) in [6, 6.07) is 25.8. The van der Waals surface area contributed by atoms with Gasteiger partial charge in [-0.15, -0.1) is 4.41 Å². The van der Waals surface area contributed by atoms with E-state index in [0.29, 0.717) is 79.1 Å². The van der Waals surface area contributed by atoms with E-state index in [1.807, 2.05) is 80.6 Å². The monoisotopic (exact) mass is 840 g/mol. The van der Waals surface area contributed by atoms with Crippen molar-refractivity contribution in [2.45, 2.75) is 33.9 Å². The van der Waals surface area contributed by atoms with Crippen molar-refractivity contribution in [3.05, 3.63) is 128 Å². The molecule has 0 fully saturated rings. The van der Waals surface area contributed by atoms with Crippen LogP contribution < -0.4 is 25.5 Å². The number of hydrazine groups is 1. The molecular weight excluding hydrogens is 802 g/mol. The number of benzene rings is 4. The molecule has 0 spiro atoms. The van der Waals surface area contributed by atoms with Crippen molar-refractivity contribution >= 4 is 89.6 Å². The van der Waals surface area contributed by atoms with Crippen LogP contribution in [0, 0.1) is 13.8 Å². The zero-order chi connectivity index (χ0) is 39.3. The Morgan fingerprint density at radius 3 is 1.95 bits per heavy atom. The average molecular weight is 843 g/mol. The molecule has 55 heavy (non-hydrogen) atoms. The molecule has 2 aromatic heterocycles. The van der Waals surface area contributed by atoms with E-state index in [0.717, 1.165) is 27.9 Å². The van der Waals surface area contributed by atoms with Crippen LogP contribution in [0.1, 0.15) is 29.4 Å². The molecule has 10 nitrogen and oxygen atoms in total. The molecule has 6 rings (SSSR count). The number of anilines is 2. The Morgan fingerprint density at radius 1 is 0.727 bits per heavy atom. The molecule has 0 amide bonds. The van der Waals surface area contributed by atoms with Crippen LogP contribution >= 0.6 is 46.4 Å². The number of aryl methyl sites for hydroxylation is 2. The summed E-state index contributed by atoms with van der Waals surface area (Å²) >= 11 is 25.1. The maximum atomic E-state index is 14.1. The third-order valence-corrected chi connectivity index (χ3v) is 12.0. The first kappa shape index (κ1) is 40.6. The highest BCUT2D eigenvalue weighted by Gasteiger charge is 2.30. The number of ether oxygens (including phenoxy) is 2. The third-order valence-electron chi connectivity index (χ3n) is 8.77. The third kappa shape index (κ3) is 9.49. The van der Waals surface area contributed by atoms with Gasteiger partial charge in [0.1, 0.15) is 35.7 Å². The van der Waals surface area contributed by atoms with Crippen molar-refractivity contribution in [2.75, 3.05) is 42.4 Å². The van der Waals surface area contributed by atoms with Gasteiger partial charge in [-0.25, -0.2) is 18.4 Å². The number of sulfonamides is 1. The number of aromatic nitrogens is 2. The molecule has 15 heteroatoms. The number of hydrogen-bond donors (Lipinski definition) is 2. The second-order valence-corrected chi connectivity index (χ2v) is 16.5. The van der Waals surface area contributed by atoms with Gasteiger partial charge in [-0.3, -0.25) is 5.01 Å². The summed E-state index contributed by atoms with van der Waals surface area (Å²) in [4.78, 5) is 9.59. The maximum absolute atomic E-state index is 14.1. The summed E-state index contributed by atoms with van der Waals surface area (Å²) in [5.74, 6) is 0.886. The zero-order valence-corrected chi connectivity index (χ0v) is 34.3. The highest BCUT2D eigenvalue weighted by Crippen LogP contribution is 2.36. The molecule has 6 aromatic rings. The summed E-state index contributed by atoms with van der Waals surface area (Å²) < 4.78 is 41.9. The Bertz CT molecular complexity index is 2450. The summed E-state index contributed by atoms with van der Waals surface area (Å²) in [6.07, 6.45) is 0. The molecule has 0 aliphatic rings. The van der Waals surface area contributed by atoms with Crippen LogP contribution in [0.25, 0.3) is 21.8 Å². The first-order valence-electron chi connectivity index (χ1n) is 17.5. The van der Waals surface area contributed by atoms with E-state index in [2.05, 4.69) is 5.32 Å². The summed E-state index contributed by atoms with van der Waals surface area (Å²) in [5, 5.41) is 8.46. The second-order valence-electron chi connectivity index (χ2n) is 12.7. The average Bonchev–Trinajstić information content (AvgIpc) is 3.16. The molecule has 0 aliphatic heterocycles. The van der Waals surface area contributed by atoms with E-state index in [4.69, 9.17) is 71.6 Å². The minimum atomic E-state index is -3.89. The predicted molar refractivity (Wildman–Crippen MR) is 226 cm³/mol. The van der Waals surface area contributed by atoms with Gasteiger partial charge in [0.15, 0.2) is 0 Å². The van der Waals surface area contributed by atoms with Crippen LogP contribution in [0.3, 0.4) is 0 Å². The fraction of sp³-hybridized carbons (Fsp3) is 0.250. The fourth-order valence-electron chi connectivity index (χ4n) is 6.18. The lowest BCUT2D eigenvalue weighted by atomic mass is 10.1. The van der Waals surface area contributed by atoms with Gasteiger partial charge >= 0.3 is 0 Å². The summed E-state index contributed by atoms with van der Waals surface area (Å²) in [5.41, 5.74) is 11.6. The minimum absolute atomic E-state index is 0.00470. The number of halogens is 4. The molecule has 288 valence electrons. The standard InChI is InChI=1S/C40H40Cl4N6O4S/c1-4-55(51,52)50(16-18-54-37-9-5-7-29-35(19-25(2)47-39(29)37)46-23-27-11-13-31(41)33(43)21-27)49(24-28-12-14-32(42)34(44)22-28)36-20-26(3)48-40-30(36)8-6-10-38(40)53-17-15-45/h5-14,19-22H,4,15-18,23-24,45H2,1-3H3,(H,46,47). The normalized spacial score (nSPS) is 11.7. The van der Waals surface area contributed by atoms with E-state index in [-0.39, 0.29) is 25.4 Å². The molecule has 2 heterocycles. The molecular formula is C40H40Cl4N6O4S. The summed E-state index contributed by atoms with van der Waals surface area (Å²) in [6.45, 7) is 6.59. The Kier molecular flexibility index (Phi) is 13.1. The second kappa shape index (κ2) is 17.8. The SMILES string of the molecule is CCS(=O)(=O)N(CCOc1cccc2c(NCc3ccc(Cl)c(Cl)c3)cc(C)nc12)N(Cc1ccc(Cl)c(Cl)c1)c1cc(C)nc2c(OCCN)cccc12. The lowest BCUT2D eigenvalue weighted by molar-refractivity contribution is 0.265. The smallest absolute Gasteiger partial charge is 0.230 e. The fourth-order valence-corrected chi connectivity index (χ4v) is 7.91. The number of rotatable bonds is 16. The van der Waals surface area contributed by atoms with Crippen molar-refractivity contribution in [3.63, 3.8) is 0 Å². The van der Waals surface area contributed by atoms with E-state index in [1.54, 1.807) is 30.1 Å². The number of nitrogens with one attached hydrogen (secondary N) is 1. The molecule has 0 atom stereocenters. The van der Waals surface area contributed by atoms with Crippen LogP contribution in [-0.4, -0.2) is 54.9 Å². The van der Waals surface area contributed by atoms with Crippen LogP contribution in [0.5, 0.6) is 11.5 Å². The predicted octanol–water partition coefficient (Wildman–Crippen LogP) is 9.62. The zero-order valence-electron chi connectivity index (χ0n) is 30.5. The van der Waals surface area contributed by atoms with E-state index < -0.39 is 10.0 Å². The lowest BCUT2D eigenvalue weighted by Crippen LogP contribution is -2.49. The van der Waals surface area contributed by atoms with Crippen LogP contribution in [0.15, 0.2) is 84.9 Å². The highest BCUT2D eigenvalue weighted by atomic mass is 35.5. The van der Waals surface area contributed by atoms with Gasteiger partial charge in [-0.05, 0) is 80.4 Å². The van der Waals surface area contributed by atoms with Crippen LogP contribution in [-0.2, 0) is 23.1 Å². The highest BCUT2D eigenvalue weighted by molar-refractivity contribution is 7.89. The van der Waals surface area contributed by atoms with Gasteiger partial charge in [0.05, 0.1) is 44.6 Å². The van der Waals surface area contributed by atoms with Crippen molar-refractivity contribution < 1.29 is 17.9 Å². The van der Waals surface area contributed by atoms with Gasteiger partial charge in [-0.1, -0.05) is 82.8 Å². The molecule has 0 aliphatic carbocycles. The lowest BCUT2D eigenvalue weighted by Gasteiger charge is -2.36. The molecule has 0 bridgehead atoms. The largest absolute Gasteiger partial charge is 0.490 e. The van der Waals surface area contributed by atoms with Gasteiger partial charge in [0.2, 0.25) is 10.0 Å². The number of fused-ring (bicyclic) bond motifs is 2. The summed E-state index contributed by atoms with van der Waals surface area (Å²) in [7, 11) is -3.89. The van der Waals surface area contributed by atoms with E-state index in [9.17, 15) is 8.42 Å². The molecule has 4 aromatic carbocycles. The quantitative estimate of drug-likeness (QED) is 0.0918. The van der Waals surface area contributed by atoms with Gasteiger partial charge in [0.25, 0.3) is 0 Å². The number of hydrogen-bond acceptors (Lipinski definition) is 9. The molecule has 0 radical (unpaired) electrons. The van der Waals surface area contributed by atoms with E-state index in [1.165, 1.54) is 4.41 Å². The van der Waals surface area contributed by atoms with Crippen molar-refractivity contribution in [2.24, 2.45) is 5.73 Å². The van der Waals surface area contributed by atoms with Crippen molar-refractivity contribution in [1.29, 1.82) is 0 Å². The van der Waals surface area contributed by atoms with Gasteiger partial charge in [-0.2, -0.15) is 0 Å². The maximum Gasteiger partial charge on any atom is 0.230 e. The van der Waals surface area contributed by atoms with Crippen LogP contribution in [0.4, 0.5) is 11.4 Å². The first-order chi connectivity index (χ1) is 26.4. The molecule has 0 saturated heterocycles. The number of nitrogens with two attached hydrogens (primary N) is 1.